The second kappa shape index (κ2) is 18.6. The van der Waals surface area contributed by atoms with Crippen molar-refractivity contribution in [3.05, 3.63) is 81.4 Å². The van der Waals surface area contributed by atoms with Gasteiger partial charge in [-0.05, 0) is 152 Å². The molecule has 0 spiro atoms. The highest BCUT2D eigenvalue weighted by Crippen LogP contribution is 2.35. The molecule has 3 aromatic rings. The summed E-state index contributed by atoms with van der Waals surface area (Å²) < 4.78 is 28.9. The normalized spacial score (nSPS) is 26.0. The second-order valence-electron chi connectivity index (χ2n) is 19.0. The minimum Gasteiger partial charge on any atom is -0.373 e. The van der Waals surface area contributed by atoms with Crippen molar-refractivity contribution in [1.29, 1.82) is 0 Å². The van der Waals surface area contributed by atoms with Crippen LogP contribution in [0.3, 0.4) is 0 Å². The number of carbonyl (C=O) groups excluding carboxylic acids is 2. The quantitative estimate of drug-likeness (QED) is 0.136. The van der Waals surface area contributed by atoms with Crippen molar-refractivity contribution in [2.24, 2.45) is 11.8 Å². The highest BCUT2D eigenvalue weighted by molar-refractivity contribution is 6.31. The van der Waals surface area contributed by atoms with Gasteiger partial charge in [-0.25, -0.2) is 8.78 Å². The summed E-state index contributed by atoms with van der Waals surface area (Å²) in [7, 11) is 2.11. The Morgan fingerprint density at radius 1 is 0.823 bits per heavy atom. The number of amides is 2. The molecule has 4 fully saturated rings. The van der Waals surface area contributed by atoms with E-state index < -0.39 is 12.1 Å². The molecule has 0 radical (unpaired) electrons. The predicted molar refractivity (Wildman–Crippen MR) is 244 cm³/mol. The summed E-state index contributed by atoms with van der Waals surface area (Å²) in [5, 5.41) is 16.8. The molecule has 62 heavy (non-hydrogen) atoms. The molecule has 5 N–H and O–H groups in total. The third kappa shape index (κ3) is 9.29. The summed E-state index contributed by atoms with van der Waals surface area (Å²) in [6, 6.07) is 12.2. The molecular formula is C48H64ClF2N9O2. The summed E-state index contributed by atoms with van der Waals surface area (Å²) in [4.78, 5) is 36.7. The van der Waals surface area contributed by atoms with Gasteiger partial charge in [-0.3, -0.25) is 24.7 Å². The van der Waals surface area contributed by atoms with Crippen LogP contribution in [0.15, 0.2) is 42.5 Å². The van der Waals surface area contributed by atoms with Crippen LogP contribution in [0.4, 0.5) is 31.5 Å². The molecule has 2 amide bonds. The molecule has 5 atom stereocenters. The number of halogens is 3. The zero-order valence-corrected chi connectivity index (χ0v) is 37.3. The molecule has 6 aliphatic rings. The zero-order chi connectivity index (χ0) is 43.1. The fourth-order valence-corrected chi connectivity index (χ4v) is 11.6. The lowest BCUT2D eigenvalue weighted by Crippen LogP contribution is -2.54. The van der Waals surface area contributed by atoms with Gasteiger partial charge in [0.2, 0.25) is 11.8 Å². The van der Waals surface area contributed by atoms with Crippen molar-refractivity contribution >= 4 is 46.2 Å². The van der Waals surface area contributed by atoms with Gasteiger partial charge in [-0.2, -0.15) is 0 Å². The molecule has 0 aliphatic carbocycles. The molecule has 9 rings (SSSR count). The third-order valence-electron chi connectivity index (χ3n) is 15.1. The van der Waals surface area contributed by atoms with Crippen molar-refractivity contribution in [2.45, 2.75) is 109 Å². The molecule has 3 aromatic carbocycles. The fourth-order valence-electron chi connectivity index (χ4n) is 11.4. The Bertz CT molecular complexity index is 2060. The first-order chi connectivity index (χ1) is 30.0. The van der Waals surface area contributed by atoms with Crippen LogP contribution in [-0.2, 0) is 22.4 Å². The highest BCUT2D eigenvalue weighted by Gasteiger charge is 2.40. The number of fused-ring (bicyclic) bond motifs is 2. The SMILES string of the molecule is Cc1ccc(F)c2c1NC(C(=O)Nc1cc(Cl)cc(N3CCC(CCCN4CCCC4CN4CCC(C5CNC(NC(=O)C6Cc7c(F)ccc(C)c7N6)N5C)CC4)CC3)c1)C2. The van der Waals surface area contributed by atoms with Gasteiger partial charge in [0.15, 0.2) is 0 Å². The Labute approximate surface area is 370 Å². The van der Waals surface area contributed by atoms with Gasteiger partial charge < -0.3 is 31.1 Å². The predicted octanol–water partition coefficient (Wildman–Crippen LogP) is 6.72. The second-order valence-corrected chi connectivity index (χ2v) is 19.5. The van der Waals surface area contributed by atoms with E-state index >= 15 is 0 Å². The Balaban J connectivity index is 0.674. The average molecular weight is 873 g/mol. The lowest BCUT2D eigenvalue weighted by atomic mass is 9.89. The van der Waals surface area contributed by atoms with Crippen molar-refractivity contribution in [2.75, 3.05) is 80.3 Å². The summed E-state index contributed by atoms with van der Waals surface area (Å²) >= 11 is 6.58. The van der Waals surface area contributed by atoms with Gasteiger partial charge in [0.25, 0.3) is 0 Å². The Kier molecular flexibility index (Phi) is 13.0. The molecule has 0 bridgehead atoms. The lowest BCUT2D eigenvalue weighted by Gasteiger charge is -2.39. The van der Waals surface area contributed by atoms with Crippen molar-refractivity contribution < 1.29 is 18.4 Å². The lowest BCUT2D eigenvalue weighted by molar-refractivity contribution is -0.123. The maximum Gasteiger partial charge on any atom is 0.247 e. The van der Waals surface area contributed by atoms with Crippen LogP contribution in [0, 0.1) is 37.3 Å². The minimum absolute atomic E-state index is 0.0972. The summed E-state index contributed by atoms with van der Waals surface area (Å²) in [6.07, 6.45) is 10.1. The number of piperidine rings is 2. The molecular weight excluding hydrogens is 808 g/mol. The third-order valence-corrected chi connectivity index (χ3v) is 15.3. The molecule has 11 nitrogen and oxygen atoms in total. The van der Waals surface area contributed by atoms with Crippen LogP contribution in [0.25, 0.3) is 0 Å². The number of benzene rings is 3. The monoisotopic (exact) mass is 871 g/mol. The number of aryl methyl sites for hydroxylation is 2. The number of carbonyl (C=O) groups is 2. The van der Waals surface area contributed by atoms with Gasteiger partial charge >= 0.3 is 0 Å². The molecule has 4 saturated heterocycles. The molecule has 6 aliphatic heterocycles. The maximum absolute atomic E-state index is 14.4. The average Bonchev–Trinajstić information content (AvgIpc) is 4.09. The van der Waals surface area contributed by atoms with E-state index in [2.05, 4.69) is 53.2 Å². The first-order valence-electron chi connectivity index (χ1n) is 23.1. The molecule has 0 saturated carbocycles. The van der Waals surface area contributed by atoms with Crippen molar-refractivity contribution in [3.63, 3.8) is 0 Å². The van der Waals surface area contributed by atoms with Crippen LogP contribution in [0.5, 0.6) is 0 Å². The summed E-state index contributed by atoms with van der Waals surface area (Å²) in [5.41, 5.74) is 6.24. The molecule has 14 heteroatoms. The van der Waals surface area contributed by atoms with E-state index in [1.807, 2.05) is 26.0 Å². The van der Waals surface area contributed by atoms with Crippen LogP contribution >= 0.6 is 11.6 Å². The first-order valence-corrected chi connectivity index (χ1v) is 23.5. The topological polar surface area (TPSA) is 107 Å². The smallest absolute Gasteiger partial charge is 0.247 e. The summed E-state index contributed by atoms with van der Waals surface area (Å²) in [5.74, 6) is 0.476. The number of anilines is 4. The standard InChI is InChI=1S/C48H64ClF2N9O2/c1-29-8-10-39(50)37-25-41(54-44(29)37)46(61)53-34-22-33(49)23-36(24-34)60-20-12-31(13-21-60)6-4-16-59-17-5-7-35(59)28-58-18-14-32(15-19-58)43-27-52-48(57(43)3)56-47(62)42-26-38-40(51)11-9-30(2)45(38)55-42/h8-11,22-24,31-32,35,41-43,48,52,54-55H,4-7,12-21,25-28H2,1-3H3,(H,53,61)(H,56,62). The van der Waals surface area contributed by atoms with Crippen LogP contribution in [0.1, 0.15) is 73.6 Å². The van der Waals surface area contributed by atoms with E-state index in [1.165, 1.54) is 63.7 Å². The number of nitrogens with zero attached hydrogens (tertiary/aromatic N) is 4. The van der Waals surface area contributed by atoms with Gasteiger partial charge in [-0.1, -0.05) is 23.7 Å². The molecule has 6 heterocycles. The summed E-state index contributed by atoms with van der Waals surface area (Å²) in [6.45, 7) is 12.4. The Morgan fingerprint density at radius 2 is 1.48 bits per heavy atom. The number of likely N-dealkylation sites (N-methyl/N-ethyl adjacent to an activating group) is 1. The van der Waals surface area contributed by atoms with Crippen molar-refractivity contribution in [1.82, 2.24) is 25.3 Å². The van der Waals surface area contributed by atoms with E-state index in [0.717, 1.165) is 80.3 Å². The van der Waals surface area contributed by atoms with Gasteiger partial charge in [0.1, 0.15) is 30.0 Å². The first kappa shape index (κ1) is 43.3. The van der Waals surface area contributed by atoms with Gasteiger partial charge in [-0.15, -0.1) is 0 Å². The number of hydrogen-bond acceptors (Lipinski definition) is 9. The fraction of sp³-hybridized carbons (Fsp3) is 0.583. The molecule has 334 valence electrons. The maximum atomic E-state index is 14.4. The molecule has 5 unspecified atom stereocenters. The highest BCUT2D eigenvalue weighted by atomic mass is 35.5. The van der Waals surface area contributed by atoms with E-state index in [0.29, 0.717) is 58.6 Å². The number of hydrogen-bond donors (Lipinski definition) is 5. The number of rotatable bonds is 12. The van der Waals surface area contributed by atoms with E-state index in [9.17, 15) is 18.4 Å². The molecule has 0 aromatic heterocycles. The van der Waals surface area contributed by atoms with Crippen LogP contribution < -0.4 is 31.5 Å². The minimum atomic E-state index is -0.534. The van der Waals surface area contributed by atoms with Crippen molar-refractivity contribution in [3.8, 4) is 0 Å². The number of likely N-dealkylation sites (tertiary alicyclic amines) is 2. The Hall–Kier alpha value is -4.01. The van der Waals surface area contributed by atoms with Gasteiger partial charge in [0.05, 0.1) is 0 Å². The largest absolute Gasteiger partial charge is 0.373 e. The van der Waals surface area contributed by atoms with Crippen LogP contribution in [-0.4, -0.2) is 116 Å². The van der Waals surface area contributed by atoms with E-state index in [-0.39, 0.29) is 29.7 Å². The Morgan fingerprint density at radius 3 is 2.15 bits per heavy atom. The number of nitrogens with one attached hydrogen (secondary N) is 5. The van der Waals surface area contributed by atoms with Gasteiger partial charge in [0, 0.05) is 90.0 Å². The van der Waals surface area contributed by atoms with Crippen LogP contribution in [0.2, 0.25) is 5.02 Å². The van der Waals surface area contributed by atoms with E-state index in [4.69, 9.17) is 11.6 Å². The van der Waals surface area contributed by atoms with E-state index in [1.54, 1.807) is 18.2 Å². The zero-order valence-electron chi connectivity index (χ0n) is 36.6.